The van der Waals surface area contributed by atoms with E-state index in [0.717, 1.165) is 197 Å². The molecular formula is C119H116FN15O9S5. The number of carbonyl (C=O) groups is 5. The van der Waals surface area contributed by atoms with Crippen LogP contribution in [0.15, 0.2) is 212 Å². The molecule has 31 rings (SSSR count). The maximum absolute atomic E-state index is 13.8. The van der Waals surface area contributed by atoms with Crippen molar-refractivity contribution in [1.29, 1.82) is 0 Å². The number of benzene rings is 9. The Kier molecular flexibility index (Phi) is 23.8. The van der Waals surface area contributed by atoms with Crippen molar-refractivity contribution in [2.75, 3.05) is 21.0 Å². The number of aromatic amines is 5. The third-order valence-electron chi connectivity index (χ3n) is 34.9. The van der Waals surface area contributed by atoms with Crippen molar-refractivity contribution in [3.05, 3.63) is 297 Å². The lowest BCUT2D eigenvalue weighted by atomic mass is 9.78. The lowest BCUT2D eigenvalue weighted by molar-refractivity contribution is -0.131. The van der Waals surface area contributed by atoms with Crippen molar-refractivity contribution < 1.29 is 47.3 Å². The number of hydrogen-bond donors (Lipinski definition) is 5. The minimum atomic E-state index is -0.309. The molecule has 24 nitrogen and oxygen atoms in total. The molecule has 5 saturated heterocycles. The molecule has 0 bridgehead atoms. The number of methoxy groups -OCH3 is 2. The monoisotopic (exact) mass is 2080 g/mol. The summed E-state index contributed by atoms with van der Waals surface area (Å²) in [6.07, 6.45) is 27.5. The lowest BCUT2D eigenvalue weighted by Gasteiger charge is -2.42. The second-order valence-corrected chi connectivity index (χ2v) is 45.2. The van der Waals surface area contributed by atoms with E-state index >= 15 is 0 Å². The van der Waals surface area contributed by atoms with E-state index in [1.807, 2.05) is 103 Å². The lowest BCUT2D eigenvalue weighted by Crippen LogP contribution is -2.46. The van der Waals surface area contributed by atoms with Gasteiger partial charge >= 0.3 is 0 Å². The Bertz CT molecular complexity index is 7840. The van der Waals surface area contributed by atoms with Crippen molar-refractivity contribution in [3.63, 3.8) is 0 Å². The molecular weight excluding hydrogens is 1960 g/mol. The summed E-state index contributed by atoms with van der Waals surface area (Å²) in [7, 11) is 3.35. The first-order valence-corrected chi connectivity index (χ1v) is 55.6. The minimum Gasteiger partial charge on any atom is -0.497 e. The van der Waals surface area contributed by atoms with Crippen LogP contribution in [0.1, 0.15) is 244 Å². The van der Waals surface area contributed by atoms with Crippen LogP contribution in [0.5, 0.6) is 23.0 Å². The Labute approximate surface area is 889 Å². The molecule has 17 aliphatic rings. The highest BCUT2D eigenvalue weighted by Gasteiger charge is 2.61. The van der Waals surface area contributed by atoms with Crippen LogP contribution in [0.2, 0.25) is 0 Å². The third kappa shape index (κ3) is 15.8. The number of thiocarbonyl (C=S) groups is 5. The van der Waals surface area contributed by atoms with Gasteiger partial charge in [-0.05, 0) is 273 Å². The number of H-pyrrole nitrogens is 5. The van der Waals surface area contributed by atoms with Gasteiger partial charge in [-0.25, -0.2) is 4.39 Å². The summed E-state index contributed by atoms with van der Waals surface area (Å²) in [6.45, 7) is 0.236. The maximum atomic E-state index is 13.8. The van der Waals surface area contributed by atoms with Gasteiger partial charge in [-0.1, -0.05) is 191 Å². The van der Waals surface area contributed by atoms with Gasteiger partial charge in [0.1, 0.15) is 47.5 Å². The number of ether oxygens (including phenoxy) is 4. The van der Waals surface area contributed by atoms with Crippen LogP contribution in [0.4, 0.5) is 4.39 Å². The van der Waals surface area contributed by atoms with Crippen LogP contribution in [-0.4, -0.2) is 210 Å². The van der Waals surface area contributed by atoms with Crippen LogP contribution in [0, 0.1) is 11.7 Å². The third-order valence-corrected chi connectivity index (χ3v) is 36.9. The van der Waals surface area contributed by atoms with Gasteiger partial charge in [0, 0.05) is 145 Å². The summed E-state index contributed by atoms with van der Waals surface area (Å²) in [5, 5.41) is 9.45. The van der Waals surface area contributed by atoms with E-state index in [1.54, 1.807) is 14.2 Å². The number of nitrogens with one attached hydrogen (secondary N) is 5. The van der Waals surface area contributed by atoms with Gasteiger partial charge in [0.05, 0.1) is 44.4 Å². The molecule has 10 atom stereocenters. The van der Waals surface area contributed by atoms with E-state index in [9.17, 15) is 28.4 Å². The van der Waals surface area contributed by atoms with Gasteiger partial charge in [-0.15, -0.1) is 0 Å². The van der Waals surface area contributed by atoms with Gasteiger partial charge in [0.2, 0.25) is 6.79 Å². The van der Waals surface area contributed by atoms with Crippen LogP contribution >= 0.6 is 61.1 Å². The van der Waals surface area contributed by atoms with Gasteiger partial charge in [0.15, 0.2) is 37.1 Å². The Hall–Kier alpha value is -13.4. The Morgan fingerprint density at radius 1 is 0.289 bits per heavy atom. The topological polar surface area (TPSA) is 234 Å². The fourth-order valence-electron chi connectivity index (χ4n) is 27.5. The molecule has 5 amide bonds. The van der Waals surface area contributed by atoms with Crippen LogP contribution in [-0.2, 0) is 56.1 Å². The molecule has 0 radical (unpaired) electrons. The number of rotatable bonds is 12. The van der Waals surface area contributed by atoms with Crippen molar-refractivity contribution in [1.82, 2.24) is 73.9 Å². The number of fused-ring (bicyclic) bond motifs is 21. The summed E-state index contributed by atoms with van der Waals surface area (Å²) < 4.78 is 35.8. The average molecular weight is 2080 g/mol. The fraction of sp³-hybridized carbons (Fsp3) is 0.378. The van der Waals surface area contributed by atoms with E-state index in [2.05, 4.69) is 171 Å². The van der Waals surface area contributed by atoms with E-state index in [-0.39, 0.29) is 127 Å². The molecule has 10 unspecified atom stereocenters. The number of hydrogen-bond acceptors (Lipinski definition) is 14. The normalized spacial score (nSPS) is 24.8. The first-order chi connectivity index (χ1) is 72.9. The van der Waals surface area contributed by atoms with Gasteiger partial charge in [-0.2, -0.15) is 0 Å². The van der Waals surface area contributed by atoms with Crippen molar-refractivity contribution in [2.45, 2.75) is 258 Å². The van der Waals surface area contributed by atoms with E-state index in [0.29, 0.717) is 58.1 Å². The second-order valence-electron chi connectivity index (χ2n) is 43.3. The van der Waals surface area contributed by atoms with Crippen LogP contribution in [0.3, 0.4) is 0 Å². The largest absolute Gasteiger partial charge is 0.497 e. The molecule has 9 aromatic carbocycles. The zero-order valence-corrected chi connectivity index (χ0v) is 87.2. The summed E-state index contributed by atoms with van der Waals surface area (Å²) >= 11 is 29.6. The Morgan fingerprint density at radius 3 is 0.946 bits per heavy atom. The average Bonchev–Trinajstić information content (AvgIpc) is 1.58. The number of aromatic nitrogens is 5. The maximum Gasteiger partial charge on any atom is 0.252 e. The molecule has 149 heavy (non-hydrogen) atoms. The molecule has 0 spiro atoms. The standard InChI is InChI=1S/C26H25N3O3S.C25H24FN3OS.2C23H21N3O2S.C22H25N3OS/c30-25-20-13-18-17-8-4-5-9-19(17)27-23(18)24(15-10-11-21-22(12-15)32-14-31-21)29(20)26(33)28(25)16-6-2-1-3-7-16;26-16-12-10-15(11-13-16)23-22-19(18-8-4-5-9-20(18)27-22)14-21-24(30)28(25(31)29(21)23)17-6-2-1-3-7-17;1-28-15-6-4-5-13(11-15)21-20-17(16-7-2-3-8-18(16)24-20)12-19-22(27)25(14-9-10-14)23(29)26(19)21;1-28-15-10-6-13(7-11-15)21-20-17(16-4-2-3-5-18(16)24-20)12-19-22(27)25(14-8-9-14)23(29)26(19)21;26-21-18-12-16-15-8-4-5-9-17(15)23-19(16)20(13-6-2-1-3-7-13)25(18)22(27)24(21)14-10-11-14/h4-5,8-12,16,20,24,27H,1-3,6-7,13-14H2;4-5,8-13,17,21,23,27H,1-3,6-7,14H2;2-8,11,14,19,21,24H,9-10,12H2,1H3;2-7,10-11,14,19,21,24H,8-9,12H2,1H3;4-5,8-9,13-14,18,20,23H,1-3,6-7,10-12H2. The van der Waals surface area contributed by atoms with Crippen molar-refractivity contribution >= 4 is 171 Å². The highest BCUT2D eigenvalue weighted by Crippen LogP contribution is 2.56. The molecule has 14 aromatic rings. The Morgan fingerprint density at radius 2 is 0.584 bits per heavy atom. The highest BCUT2D eigenvalue weighted by molar-refractivity contribution is 7.81. The van der Waals surface area contributed by atoms with Gasteiger partial charge in [0.25, 0.3) is 29.5 Å². The summed E-state index contributed by atoms with van der Waals surface area (Å²) in [5.41, 5.74) is 21.7. The molecule has 6 aliphatic carbocycles. The van der Waals surface area contributed by atoms with Gasteiger partial charge in [-0.3, -0.25) is 48.5 Å². The molecule has 30 heteroatoms. The SMILES string of the molecule is COc1ccc(C2c3[nH]c4ccccc4c3CC3C(=O)N(C4CC4)C(=S)N32)cc1.COc1cccc(C2c3[nH]c4ccccc4c3CC3C(=O)N(C4CC4)C(=S)N32)c1.O=C1C2Cc3c([nH]c4ccccc34)C(C3CCCCC3)N2C(=S)N1C1CC1.O=C1C2Cc3c([nH]c4ccccc34)C(c3ccc(F)cc3)N2C(=S)N1C1CCCCC1.O=C1C2Cc3c([nH]c4ccccc34)C(c3ccc4c(c3)OCO4)N2C(=S)N1C1CCCCC1. The zero-order valence-electron chi connectivity index (χ0n) is 83.1. The predicted molar refractivity (Wildman–Crippen MR) is 590 cm³/mol. The second kappa shape index (κ2) is 37.7. The summed E-state index contributed by atoms with van der Waals surface area (Å²) in [6, 6.07) is 70.4. The quantitative estimate of drug-likeness (QED) is 0.0715. The minimum absolute atomic E-state index is 0.100. The van der Waals surface area contributed by atoms with E-state index < -0.39 is 0 Å². The summed E-state index contributed by atoms with van der Waals surface area (Å²) in [5.74, 6) is 4.28. The van der Waals surface area contributed by atoms with Gasteiger partial charge < -0.3 is 68.4 Å². The number of nitrogens with zero attached hydrogens (tertiary/aromatic N) is 10. The number of amides is 5. The Balaban J connectivity index is 0.0000000919. The molecule has 6 saturated carbocycles. The molecule has 11 aliphatic heterocycles. The first kappa shape index (κ1) is 94.1. The highest BCUT2D eigenvalue weighted by atomic mass is 32.1. The predicted octanol–water partition coefficient (Wildman–Crippen LogP) is 21.6. The van der Waals surface area contributed by atoms with E-state index in [4.69, 9.17) is 80.0 Å². The van der Waals surface area contributed by atoms with Crippen LogP contribution in [0.25, 0.3) is 54.5 Å². The first-order valence-electron chi connectivity index (χ1n) is 53.6. The molecule has 5 N–H and O–H groups in total. The number of halogens is 1. The van der Waals surface area contributed by atoms with Crippen molar-refractivity contribution in [2.24, 2.45) is 5.92 Å². The fourth-order valence-corrected chi connectivity index (χ4v) is 29.9. The smallest absolute Gasteiger partial charge is 0.252 e. The number of para-hydroxylation sites is 5. The molecule has 758 valence electrons. The molecule has 16 heterocycles. The number of carbonyl (C=O) groups excluding carboxylic acids is 5. The summed E-state index contributed by atoms with van der Waals surface area (Å²) in [4.78, 5) is 106. The zero-order chi connectivity index (χ0) is 101. The molecule has 11 fully saturated rings. The molecule has 5 aromatic heterocycles. The van der Waals surface area contributed by atoms with Crippen molar-refractivity contribution in [3.8, 4) is 23.0 Å². The van der Waals surface area contributed by atoms with Crippen LogP contribution < -0.4 is 18.9 Å². The van der Waals surface area contributed by atoms with E-state index in [1.165, 1.54) is 118 Å².